The smallest absolute Gasteiger partial charge is 0.242 e. The molecule has 0 bridgehead atoms. The molecule has 0 amide bonds. The maximum atomic E-state index is 13.7. The number of rotatable bonds is 4. The molecule has 1 aromatic heterocycles. The highest BCUT2D eigenvalue weighted by Crippen LogP contribution is 2.30. The first-order valence-electron chi connectivity index (χ1n) is 6.83. The maximum absolute atomic E-state index is 13.7. The van der Waals surface area contributed by atoms with Crippen LogP contribution in [0.5, 0.6) is 5.88 Å². The van der Waals surface area contributed by atoms with Gasteiger partial charge in [0, 0.05) is 17.3 Å². The van der Waals surface area contributed by atoms with E-state index in [0.717, 1.165) is 5.70 Å². The van der Waals surface area contributed by atoms with Crippen LogP contribution in [0.3, 0.4) is 0 Å². The van der Waals surface area contributed by atoms with Crippen LogP contribution in [0.15, 0.2) is 54.6 Å². The number of hydrogen-bond acceptors (Lipinski definition) is 3. The van der Waals surface area contributed by atoms with Crippen molar-refractivity contribution in [2.24, 2.45) is 0 Å². The monoisotopic (exact) mass is 350 g/mol. The molecule has 0 aliphatic rings. The second-order valence-corrected chi connectivity index (χ2v) is 5.30. The van der Waals surface area contributed by atoms with E-state index in [-0.39, 0.29) is 10.9 Å². The van der Waals surface area contributed by atoms with E-state index in [1.165, 1.54) is 42.5 Å². The van der Waals surface area contributed by atoms with Crippen molar-refractivity contribution < 1.29 is 18.1 Å². The summed E-state index contributed by atoms with van der Waals surface area (Å²) in [7, 11) is 0. The minimum atomic E-state index is -0.583. The summed E-state index contributed by atoms with van der Waals surface area (Å²) in [6.07, 6.45) is 0. The minimum absolute atomic E-state index is 0.00605. The van der Waals surface area contributed by atoms with E-state index in [2.05, 4.69) is 9.82 Å². The third kappa shape index (κ3) is 3.50. The van der Waals surface area contributed by atoms with Gasteiger partial charge in [-0.15, -0.1) is 0 Å². The zero-order valence-electron chi connectivity index (χ0n) is 12.1. The van der Waals surface area contributed by atoms with Crippen molar-refractivity contribution in [3.63, 3.8) is 0 Å². The average Bonchev–Trinajstić information content (AvgIpc) is 2.58. The quantitative estimate of drug-likeness (QED) is 0.524. The van der Waals surface area contributed by atoms with Gasteiger partial charge in [0.05, 0.1) is 10.7 Å². The van der Waals surface area contributed by atoms with E-state index in [9.17, 15) is 13.3 Å². The predicted octanol–water partition coefficient (Wildman–Crippen LogP) is 5.12. The van der Waals surface area contributed by atoms with Gasteiger partial charge < -0.3 is 4.84 Å². The fourth-order valence-corrected chi connectivity index (χ4v) is 2.33. The lowest BCUT2D eigenvalue weighted by atomic mass is 10.0. The van der Waals surface area contributed by atoms with Gasteiger partial charge in [0.25, 0.3) is 0 Å². The first-order valence-corrected chi connectivity index (χ1v) is 7.20. The van der Waals surface area contributed by atoms with Crippen molar-refractivity contribution in [2.75, 3.05) is 0 Å². The lowest BCUT2D eigenvalue weighted by Crippen LogP contribution is -2.07. The molecule has 3 aromatic rings. The van der Waals surface area contributed by atoms with Crippen molar-refractivity contribution in [3.8, 4) is 28.3 Å². The van der Waals surface area contributed by atoms with Gasteiger partial charge in [-0.2, -0.15) is 0 Å². The van der Waals surface area contributed by atoms with E-state index in [0.29, 0.717) is 22.4 Å². The van der Waals surface area contributed by atoms with Crippen molar-refractivity contribution in [2.45, 2.75) is 0 Å². The second kappa shape index (κ2) is 6.90. The maximum Gasteiger partial charge on any atom is 0.242 e. The Labute approximate surface area is 140 Å². The molecule has 0 saturated heterocycles. The summed E-state index contributed by atoms with van der Waals surface area (Å²) in [5.74, 6) is -1.04. The average molecular weight is 351 g/mol. The summed E-state index contributed by atoms with van der Waals surface area (Å²) in [5, 5.41) is -0.00605. The lowest BCUT2D eigenvalue weighted by molar-refractivity contribution is 0.0405. The van der Waals surface area contributed by atoms with Crippen LogP contribution >= 0.6 is 11.6 Å². The molecule has 0 fully saturated rings. The predicted molar refractivity (Wildman–Crippen MR) is 84.9 cm³/mol. The SMILES string of the molecule is FNOc1cc(-c2ccc(Cl)c(F)c2)cc(-c2ccc(F)cc2)n1. The summed E-state index contributed by atoms with van der Waals surface area (Å²) in [5.41, 5.74) is 3.10. The molecule has 24 heavy (non-hydrogen) atoms. The zero-order chi connectivity index (χ0) is 17.1. The van der Waals surface area contributed by atoms with Crippen molar-refractivity contribution in [1.82, 2.24) is 10.7 Å². The molecular weight excluding hydrogens is 341 g/mol. The van der Waals surface area contributed by atoms with Gasteiger partial charge in [-0.3, -0.25) is 0 Å². The molecular formula is C17H10ClF3N2O. The fourth-order valence-electron chi connectivity index (χ4n) is 2.21. The van der Waals surface area contributed by atoms with Crippen LogP contribution in [-0.4, -0.2) is 4.98 Å². The third-order valence-corrected chi connectivity index (χ3v) is 3.64. The first kappa shape index (κ1) is 16.3. The van der Waals surface area contributed by atoms with E-state index < -0.39 is 11.6 Å². The molecule has 0 aliphatic heterocycles. The van der Waals surface area contributed by atoms with Crippen molar-refractivity contribution >= 4 is 11.6 Å². The Kier molecular flexibility index (Phi) is 4.69. The molecule has 1 heterocycles. The van der Waals surface area contributed by atoms with Gasteiger partial charge in [-0.25, -0.2) is 13.8 Å². The van der Waals surface area contributed by atoms with Gasteiger partial charge >= 0.3 is 0 Å². The normalized spacial score (nSPS) is 10.7. The summed E-state index contributed by atoms with van der Waals surface area (Å²) in [4.78, 5) is 8.71. The standard InChI is InChI=1S/C17H10ClF3N2O/c18-14-6-3-11(7-15(14)20)12-8-16(22-17(9-12)24-23-21)10-1-4-13(19)5-2-10/h1-9,23H. The Morgan fingerprint density at radius 1 is 0.875 bits per heavy atom. The Morgan fingerprint density at radius 2 is 1.58 bits per heavy atom. The molecule has 122 valence electrons. The van der Waals surface area contributed by atoms with Gasteiger partial charge in [0.1, 0.15) is 11.6 Å². The molecule has 0 saturated carbocycles. The summed E-state index contributed by atoms with van der Waals surface area (Å²) in [6.45, 7) is 0. The van der Waals surface area contributed by atoms with Gasteiger partial charge in [0.2, 0.25) is 5.88 Å². The minimum Gasteiger partial charge on any atom is -0.359 e. The molecule has 2 aromatic carbocycles. The topological polar surface area (TPSA) is 34.1 Å². The highest BCUT2D eigenvalue weighted by Gasteiger charge is 2.10. The number of nitrogens with one attached hydrogen (secondary N) is 1. The zero-order valence-corrected chi connectivity index (χ0v) is 12.8. The Morgan fingerprint density at radius 3 is 2.25 bits per heavy atom. The fraction of sp³-hybridized carbons (Fsp3) is 0. The molecule has 7 heteroatoms. The van der Waals surface area contributed by atoms with Crippen LogP contribution in [0.1, 0.15) is 0 Å². The van der Waals surface area contributed by atoms with Crippen LogP contribution in [0.4, 0.5) is 13.3 Å². The van der Waals surface area contributed by atoms with Crippen LogP contribution in [0.2, 0.25) is 5.02 Å². The Balaban J connectivity index is 2.11. The van der Waals surface area contributed by atoms with Gasteiger partial charge in [0.15, 0.2) is 0 Å². The largest absolute Gasteiger partial charge is 0.359 e. The molecule has 0 unspecified atom stereocenters. The lowest BCUT2D eigenvalue weighted by Gasteiger charge is -2.09. The van der Waals surface area contributed by atoms with Gasteiger partial charge in [-0.1, -0.05) is 22.1 Å². The second-order valence-electron chi connectivity index (χ2n) is 4.89. The summed E-state index contributed by atoms with van der Waals surface area (Å²) >= 11 is 5.68. The highest BCUT2D eigenvalue weighted by atomic mass is 35.5. The summed E-state index contributed by atoms with van der Waals surface area (Å²) in [6, 6.07) is 13.0. The van der Waals surface area contributed by atoms with Crippen LogP contribution in [0, 0.1) is 11.6 Å². The van der Waals surface area contributed by atoms with E-state index >= 15 is 0 Å². The molecule has 0 aliphatic carbocycles. The number of halogens is 4. The molecule has 0 spiro atoms. The number of hydrogen-bond donors (Lipinski definition) is 1. The van der Waals surface area contributed by atoms with Crippen LogP contribution in [0.25, 0.3) is 22.4 Å². The van der Waals surface area contributed by atoms with Crippen molar-refractivity contribution in [1.29, 1.82) is 0 Å². The van der Waals surface area contributed by atoms with E-state index in [1.54, 1.807) is 12.1 Å². The molecule has 3 rings (SSSR count). The van der Waals surface area contributed by atoms with E-state index in [4.69, 9.17) is 11.6 Å². The van der Waals surface area contributed by atoms with Gasteiger partial charge in [-0.05, 0) is 53.6 Å². The third-order valence-electron chi connectivity index (χ3n) is 3.34. The Hall–Kier alpha value is -2.57. The highest BCUT2D eigenvalue weighted by molar-refractivity contribution is 6.30. The number of aromatic nitrogens is 1. The molecule has 0 atom stereocenters. The molecule has 3 nitrogen and oxygen atoms in total. The van der Waals surface area contributed by atoms with Crippen LogP contribution in [-0.2, 0) is 0 Å². The number of pyridine rings is 1. The van der Waals surface area contributed by atoms with Crippen molar-refractivity contribution in [3.05, 3.63) is 71.3 Å². The number of nitrogens with zero attached hydrogens (tertiary/aromatic N) is 1. The Bertz CT molecular complexity index is 872. The van der Waals surface area contributed by atoms with Crippen LogP contribution < -0.4 is 10.5 Å². The first-order chi connectivity index (χ1) is 11.6. The number of benzene rings is 2. The summed E-state index contributed by atoms with van der Waals surface area (Å²) < 4.78 is 39.0. The molecule has 0 radical (unpaired) electrons. The van der Waals surface area contributed by atoms with E-state index in [1.807, 2.05) is 0 Å². The molecule has 1 N–H and O–H groups in total.